The number of halogens is 1. The normalized spacial score (nSPS) is 12.4. The van der Waals surface area contributed by atoms with E-state index in [9.17, 15) is 0 Å². The van der Waals surface area contributed by atoms with E-state index in [0.29, 0.717) is 5.02 Å². The molecule has 0 aliphatic carbocycles. The van der Waals surface area contributed by atoms with Crippen molar-refractivity contribution in [2.24, 2.45) is 0 Å². The Balaban J connectivity index is 2.32. The molecule has 0 aliphatic rings. The van der Waals surface area contributed by atoms with Crippen LogP contribution in [0.4, 0.5) is 0 Å². The number of hydrogen-bond donors (Lipinski definition) is 1. The van der Waals surface area contributed by atoms with Crippen LogP contribution in [0, 0.1) is 6.92 Å². The van der Waals surface area contributed by atoms with Crippen molar-refractivity contribution in [3.8, 4) is 0 Å². The van der Waals surface area contributed by atoms with Gasteiger partial charge in [-0.15, -0.1) is 0 Å². The van der Waals surface area contributed by atoms with Gasteiger partial charge in [0.1, 0.15) is 0 Å². The summed E-state index contributed by atoms with van der Waals surface area (Å²) in [4.78, 5) is 8.68. The second-order valence-electron chi connectivity index (χ2n) is 4.58. The van der Waals surface area contributed by atoms with Crippen LogP contribution in [-0.4, -0.2) is 16.5 Å². The van der Waals surface area contributed by atoms with Crippen molar-refractivity contribution in [2.45, 2.75) is 26.3 Å². The van der Waals surface area contributed by atoms with Crippen LogP contribution >= 0.6 is 11.6 Å². The summed E-state index contributed by atoms with van der Waals surface area (Å²) in [6, 6.07) is 6.02. The van der Waals surface area contributed by atoms with Crippen molar-refractivity contribution in [3.05, 3.63) is 58.6 Å². The van der Waals surface area contributed by atoms with Gasteiger partial charge in [-0.25, -0.2) is 0 Å². The molecule has 0 saturated carbocycles. The molecule has 0 bridgehead atoms. The van der Waals surface area contributed by atoms with Crippen molar-refractivity contribution >= 4 is 11.6 Å². The van der Waals surface area contributed by atoms with Crippen LogP contribution in [0.15, 0.2) is 36.8 Å². The Kier molecular flexibility index (Phi) is 4.88. The highest BCUT2D eigenvalue weighted by molar-refractivity contribution is 6.30. The third-order valence-corrected chi connectivity index (χ3v) is 3.10. The van der Waals surface area contributed by atoms with E-state index < -0.39 is 0 Å². The van der Waals surface area contributed by atoms with Crippen LogP contribution in [0.2, 0.25) is 5.02 Å². The van der Waals surface area contributed by atoms with Gasteiger partial charge in [-0.2, -0.15) is 0 Å². The molecule has 1 unspecified atom stereocenters. The van der Waals surface area contributed by atoms with Crippen LogP contribution in [-0.2, 0) is 0 Å². The second-order valence-corrected chi connectivity index (χ2v) is 5.02. The molecular weight excluding hydrogens is 258 g/mol. The average molecular weight is 276 g/mol. The summed E-state index contributed by atoms with van der Waals surface area (Å²) in [5.41, 5.74) is 3.24. The van der Waals surface area contributed by atoms with Gasteiger partial charge in [-0.1, -0.05) is 24.6 Å². The summed E-state index contributed by atoms with van der Waals surface area (Å²) >= 11 is 5.90. The number of aryl methyl sites for hydroxylation is 1. The highest BCUT2D eigenvalue weighted by Crippen LogP contribution is 2.21. The van der Waals surface area contributed by atoms with Crippen LogP contribution in [0.25, 0.3) is 0 Å². The fourth-order valence-corrected chi connectivity index (χ4v) is 2.09. The molecule has 0 radical (unpaired) electrons. The summed E-state index contributed by atoms with van der Waals surface area (Å²) < 4.78 is 0. The largest absolute Gasteiger partial charge is 0.305 e. The molecular formula is C15H18ClN3. The molecule has 4 heteroatoms. The first-order valence-electron chi connectivity index (χ1n) is 6.47. The number of aromatic nitrogens is 2. The molecule has 0 amide bonds. The minimum Gasteiger partial charge on any atom is -0.305 e. The standard InChI is InChI=1S/C15H18ClN3/c1-3-6-18-15(12-7-11(2)8-17-9-12)14-5-4-13(16)10-19-14/h4-5,7-10,15,18H,3,6H2,1-2H3. The van der Waals surface area contributed by atoms with E-state index in [2.05, 4.69) is 28.3 Å². The monoisotopic (exact) mass is 275 g/mol. The SMILES string of the molecule is CCCNC(c1cncc(C)c1)c1ccc(Cl)cn1. The lowest BCUT2D eigenvalue weighted by molar-refractivity contribution is 0.584. The van der Waals surface area contributed by atoms with Crippen molar-refractivity contribution in [2.75, 3.05) is 6.54 Å². The van der Waals surface area contributed by atoms with E-state index >= 15 is 0 Å². The van der Waals surface area contributed by atoms with Gasteiger partial charge in [0.25, 0.3) is 0 Å². The van der Waals surface area contributed by atoms with E-state index in [0.717, 1.165) is 29.8 Å². The summed E-state index contributed by atoms with van der Waals surface area (Å²) in [5.74, 6) is 0. The predicted molar refractivity (Wildman–Crippen MR) is 78.4 cm³/mol. The van der Waals surface area contributed by atoms with Gasteiger partial charge in [-0.3, -0.25) is 9.97 Å². The Labute approximate surface area is 119 Å². The molecule has 1 N–H and O–H groups in total. The number of hydrogen-bond acceptors (Lipinski definition) is 3. The zero-order chi connectivity index (χ0) is 13.7. The van der Waals surface area contributed by atoms with E-state index in [1.807, 2.05) is 31.5 Å². The van der Waals surface area contributed by atoms with Gasteiger partial charge in [0.05, 0.1) is 16.8 Å². The van der Waals surface area contributed by atoms with Gasteiger partial charge in [0, 0.05) is 18.6 Å². The van der Waals surface area contributed by atoms with E-state index in [1.54, 1.807) is 6.20 Å². The Bertz CT molecular complexity index is 525. The highest BCUT2D eigenvalue weighted by Gasteiger charge is 2.15. The van der Waals surface area contributed by atoms with Crippen LogP contribution in [0.5, 0.6) is 0 Å². The zero-order valence-corrected chi connectivity index (χ0v) is 12.0. The minimum absolute atomic E-state index is 0.0598. The highest BCUT2D eigenvalue weighted by atomic mass is 35.5. The molecule has 2 aromatic rings. The molecule has 19 heavy (non-hydrogen) atoms. The smallest absolute Gasteiger partial charge is 0.0766 e. The fraction of sp³-hybridized carbons (Fsp3) is 0.333. The number of rotatable bonds is 5. The van der Waals surface area contributed by atoms with E-state index in [4.69, 9.17) is 11.6 Å². The second kappa shape index (κ2) is 6.64. The van der Waals surface area contributed by atoms with Crippen LogP contribution in [0.1, 0.15) is 36.2 Å². The van der Waals surface area contributed by atoms with Crippen molar-refractivity contribution in [1.29, 1.82) is 0 Å². The van der Waals surface area contributed by atoms with Crippen LogP contribution < -0.4 is 5.32 Å². The Morgan fingerprint density at radius 3 is 2.74 bits per heavy atom. The minimum atomic E-state index is 0.0598. The molecule has 0 saturated heterocycles. The lowest BCUT2D eigenvalue weighted by Gasteiger charge is -2.18. The molecule has 0 aliphatic heterocycles. The van der Waals surface area contributed by atoms with Gasteiger partial charge in [0.15, 0.2) is 0 Å². The van der Waals surface area contributed by atoms with Gasteiger partial charge < -0.3 is 5.32 Å². The van der Waals surface area contributed by atoms with Gasteiger partial charge in [0.2, 0.25) is 0 Å². The first-order chi connectivity index (χ1) is 9.20. The number of nitrogens with one attached hydrogen (secondary N) is 1. The Morgan fingerprint density at radius 2 is 2.11 bits per heavy atom. The molecule has 1 atom stereocenters. The number of nitrogens with zero attached hydrogens (tertiary/aromatic N) is 2. The van der Waals surface area contributed by atoms with Crippen molar-refractivity contribution < 1.29 is 0 Å². The molecule has 3 nitrogen and oxygen atoms in total. The van der Waals surface area contributed by atoms with Crippen LogP contribution in [0.3, 0.4) is 0 Å². The molecule has 2 aromatic heterocycles. The maximum absolute atomic E-state index is 5.90. The molecule has 2 rings (SSSR count). The first-order valence-corrected chi connectivity index (χ1v) is 6.85. The summed E-state index contributed by atoms with van der Waals surface area (Å²) in [7, 11) is 0. The molecule has 100 valence electrons. The van der Waals surface area contributed by atoms with Crippen molar-refractivity contribution in [1.82, 2.24) is 15.3 Å². The van der Waals surface area contributed by atoms with Crippen molar-refractivity contribution in [3.63, 3.8) is 0 Å². The lowest BCUT2D eigenvalue weighted by Crippen LogP contribution is -2.24. The van der Waals surface area contributed by atoms with E-state index in [1.165, 1.54) is 0 Å². The van der Waals surface area contributed by atoms with Gasteiger partial charge >= 0.3 is 0 Å². The quantitative estimate of drug-likeness (QED) is 0.907. The summed E-state index contributed by atoms with van der Waals surface area (Å²) in [6.45, 7) is 5.12. The topological polar surface area (TPSA) is 37.8 Å². The van der Waals surface area contributed by atoms with E-state index in [-0.39, 0.29) is 6.04 Å². The number of pyridine rings is 2. The molecule has 2 heterocycles. The maximum Gasteiger partial charge on any atom is 0.0766 e. The lowest BCUT2D eigenvalue weighted by atomic mass is 10.0. The third kappa shape index (κ3) is 3.75. The van der Waals surface area contributed by atoms with Gasteiger partial charge in [-0.05, 0) is 43.1 Å². The fourth-order valence-electron chi connectivity index (χ4n) is 1.98. The Morgan fingerprint density at radius 1 is 1.26 bits per heavy atom. The first kappa shape index (κ1) is 14.0. The average Bonchev–Trinajstić information content (AvgIpc) is 2.41. The predicted octanol–water partition coefficient (Wildman–Crippen LogP) is 3.53. The molecule has 0 aromatic carbocycles. The zero-order valence-electron chi connectivity index (χ0n) is 11.2. The third-order valence-electron chi connectivity index (χ3n) is 2.87. The summed E-state index contributed by atoms with van der Waals surface area (Å²) in [6.07, 6.45) is 6.50. The molecule has 0 spiro atoms. The summed E-state index contributed by atoms with van der Waals surface area (Å²) in [5, 5.41) is 4.16. The Hall–Kier alpha value is -1.45. The molecule has 0 fully saturated rings. The maximum atomic E-state index is 5.90.